The molecule has 12 nitrogen and oxygen atoms in total. The average Bonchev–Trinajstić information content (AvgIpc) is 2.63. The summed E-state index contributed by atoms with van der Waals surface area (Å²) < 4.78 is 82.2. The maximum atomic E-state index is 10.9. The van der Waals surface area contributed by atoms with Crippen molar-refractivity contribution in [1.29, 1.82) is 0 Å². The van der Waals surface area contributed by atoms with Crippen LogP contribution in [0.4, 0.5) is 0 Å². The summed E-state index contributed by atoms with van der Waals surface area (Å²) in [5, 5.41) is 0. The van der Waals surface area contributed by atoms with Crippen LogP contribution in [0.25, 0.3) is 0 Å². The van der Waals surface area contributed by atoms with Crippen LogP contribution in [0.5, 0.6) is 0 Å². The number of benzene rings is 2. The first-order valence-corrected chi connectivity index (χ1v) is 14.9. The normalized spacial score (nSPS) is 12.3. The third kappa shape index (κ3) is 13.2. The fourth-order valence-electron chi connectivity index (χ4n) is 2.44. The molecular formula is C16H18O12P2S2Zr. The van der Waals surface area contributed by atoms with Gasteiger partial charge in [0.25, 0.3) is 20.2 Å². The van der Waals surface area contributed by atoms with E-state index in [0.717, 1.165) is 12.1 Å². The third-order valence-corrected chi connectivity index (χ3v) is 7.26. The molecule has 0 spiro atoms. The van der Waals surface area contributed by atoms with E-state index in [4.69, 9.17) is 9.11 Å². The topological polar surface area (TPSA) is 235 Å². The molecule has 33 heavy (non-hydrogen) atoms. The molecule has 0 bridgehead atoms. The summed E-state index contributed by atoms with van der Waals surface area (Å²) in [5.41, 5.74) is 0.217. The molecule has 2 aromatic carbocycles. The fraction of sp³-hybridized carbons (Fsp3) is 0.250. The zero-order chi connectivity index (χ0) is 24.8. The van der Waals surface area contributed by atoms with E-state index in [2.05, 4.69) is 0 Å². The zero-order valence-corrected chi connectivity index (χ0v) is 22.5. The predicted octanol–water partition coefficient (Wildman–Crippen LogP) is -1.22. The molecular weight excluding hydrogens is 601 g/mol. The Balaban J connectivity index is 0.000000602. The Hall–Kier alpha value is -0.557. The Bertz CT molecular complexity index is 1140. The van der Waals surface area contributed by atoms with Crippen molar-refractivity contribution in [3.05, 3.63) is 59.7 Å². The monoisotopic (exact) mass is 618 g/mol. The molecule has 0 amide bonds. The van der Waals surface area contributed by atoms with Gasteiger partial charge >= 0.3 is 26.2 Å². The Kier molecular flexibility index (Phi) is 12.7. The standard InChI is InChI=1S/2C8H11O6PS.Zr/c2*9-15(10,11)6-5-7-3-1-2-4-8(7)16(12,13)14;/h2*1-4H,5-6H2,(H2,9,10,11)(H,12,13,14);/q;;+4/p-4. The van der Waals surface area contributed by atoms with E-state index in [9.17, 15) is 45.5 Å². The quantitative estimate of drug-likeness (QED) is 0.261. The van der Waals surface area contributed by atoms with E-state index in [0.29, 0.717) is 0 Å². The van der Waals surface area contributed by atoms with Gasteiger partial charge in [-0.3, -0.25) is 9.11 Å². The van der Waals surface area contributed by atoms with Crippen molar-refractivity contribution in [3.8, 4) is 0 Å². The second-order valence-electron chi connectivity index (χ2n) is 6.33. The second kappa shape index (κ2) is 12.9. The largest absolute Gasteiger partial charge is 4.00 e. The van der Waals surface area contributed by atoms with Crippen LogP contribution in [0.2, 0.25) is 0 Å². The minimum Gasteiger partial charge on any atom is -0.811 e. The Morgan fingerprint density at radius 2 is 0.909 bits per heavy atom. The third-order valence-electron chi connectivity index (χ3n) is 3.81. The molecule has 17 heteroatoms. The maximum Gasteiger partial charge on any atom is 4.00 e. The number of hydrogen-bond acceptors (Lipinski definition) is 10. The van der Waals surface area contributed by atoms with Crippen LogP contribution < -0.4 is 19.6 Å². The zero-order valence-electron chi connectivity index (χ0n) is 16.6. The Morgan fingerprint density at radius 3 is 1.15 bits per heavy atom. The average molecular weight is 620 g/mol. The predicted molar refractivity (Wildman–Crippen MR) is 105 cm³/mol. The van der Waals surface area contributed by atoms with Crippen molar-refractivity contribution in [2.45, 2.75) is 22.6 Å². The first-order valence-electron chi connectivity index (χ1n) is 8.53. The summed E-state index contributed by atoms with van der Waals surface area (Å²) in [6.45, 7) is 0. The summed E-state index contributed by atoms with van der Waals surface area (Å²) in [6, 6.07) is 10.7. The van der Waals surface area contributed by atoms with Crippen LogP contribution in [-0.4, -0.2) is 38.3 Å². The molecule has 0 radical (unpaired) electrons. The van der Waals surface area contributed by atoms with E-state index in [1.54, 1.807) is 0 Å². The van der Waals surface area contributed by atoms with Gasteiger partial charge in [-0.05, 0) is 48.4 Å². The molecule has 2 aromatic rings. The summed E-state index contributed by atoms with van der Waals surface area (Å²) >= 11 is 0. The second-order valence-corrected chi connectivity index (χ2v) is 12.5. The minimum atomic E-state index is -4.68. The Labute approximate surface area is 210 Å². The smallest absolute Gasteiger partial charge is 0.811 e. The van der Waals surface area contributed by atoms with Gasteiger partial charge in [-0.25, -0.2) is 0 Å². The van der Waals surface area contributed by atoms with Gasteiger partial charge in [-0.2, -0.15) is 16.8 Å². The molecule has 2 N–H and O–H groups in total. The molecule has 0 saturated heterocycles. The van der Waals surface area contributed by atoms with Crippen molar-refractivity contribution in [2.75, 3.05) is 12.3 Å². The molecule has 0 aromatic heterocycles. The van der Waals surface area contributed by atoms with E-state index in [1.807, 2.05) is 0 Å². The van der Waals surface area contributed by atoms with E-state index >= 15 is 0 Å². The van der Waals surface area contributed by atoms with Crippen molar-refractivity contribution in [3.63, 3.8) is 0 Å². The first kappa shape index (κ1) is 32.4. The van der Waals surface area contributed by atoms with E-state index in [-0.39, 0.29) is 60.0 Å². The SMILES string of the molecule is O=P([O-])([O-])CCc1ccccc1S(=O)(=O)O.O=P([O-])([O-])CCc1ccccc1S(=O)(=O)O.[Zr+4]. The van der Waals surface area contributed by atoms with Gasteiger partial charge in [0, 0.05) is 0 Å². The molecule has 0 aliphatic carbocycles. The number of hydrogen-bond donors (Lipinski definition) is 2. The molecule has 0 heterocycles. The van der Waals surface area contributed by atoms with Crippen molar-refractivity contribution in [1.82, 2.24) is 0 Å². The van der Waals surface area contributed by atoms with E-state index in [1.165, 1.54) is 36.4 Å². The van der Waals surface area contributed by atoms with Crippen LogP contribution >= 0.6 is 15.2 Å². The van der Waals surface area contributed by atoms with E-state index < -0.39 is 47.8 Å². The van der Waals surface area contributed by atoms with Crippen LogP contribution in [0.1, 0.15) is 11.1 Å². The van der Waals surface area contributed by atoms with Crippen molar-refractivity contribution >= 4 is 35.4 Å². The van der Waals surface area contributed by atoms with Crippen LogP contribution in [0, 0.1) is 0 Å². The number of aryl methyl sites for hydroxylation is 2. The summed E-state index contributed by atoms with van der Waals surface area (Å²) in [6.07, 6.45) is -1.83. The van der Waals surface area contributed by atoms with Gasteiger partial charge in [0.15, 0.2) is 0 Å². The summed E-state index contributed by atoms with van der Waals surface area (Å²) in [7, 11) is -18.1. The molecule has 0 unspecified atom stereocenters. The molecule has 180 valence electrons. The van der Waals surface area contributed by atoms with Gasteiger partial charge in [0.1, 0.15) is 0 Å². The molecule has 0 saturated carbocycles. The van der Waals surface area contributed by atoms with Gasteiger partial charge in [0.2, 0.25) is 0 Å². The summed E-state index contributed by atoms with van der Waals surface area (Å²) in [4.78, 5) is 41.0. The van der Waals surface area contributed by atoms with Crippen LogP contribution in [0.3, 0.4) is 0 Å². The first-order chi connectivity index (χ1) is 14.4. The maximum absolute atomic E-state index is 10.9. The molecule has 0 aliphatic heterocycles. The van der Waals surface area contributed by atoms with Crippen LogP contribution in [0.15, 0.2) is 58.3 Å². The molecule has 0 fully saturated rings. The van der Waals surface area contributed by atoms with Gasteiger partial charge in [-0.1, -0.05) is 51.6 Å². The van der Waals surface area contributed by atoms with Gasteiger partial charge in [-0.15, -0.1) is 0 Å². The molecule has 0 aliphatic rings. The summed E-state index contributed by atoms with van der Waals surface area (Å²) in [5.74, 6) is 0. The molecule has 0 atom stereocenters. The van der Waals surface area contributed by atoms with Crippen LogP contribution in [-0.2, 0) is 68.4 Å². The van der Waals surface area contributed by atoms with Crippen molar-refractivity contribution < 1.29 is 80.8 Å². The fourth-order valence-corrected chi connectivity index (χ4v) is 4.97. The number of rotatable bonds is 8. The van der Waals surface area contributed by atoms with Gasteiger partial charge < -0.3 is 28.7 Å². The van der Waals surface area contributed by atoms with Gasteiger partial charge in [0.05, 0.1) is 9.79 Å². The molecule has 2 rings (SSSR count). The minimum absolute atomic E-state index is 0. The Morgan fingerprint density at radius 1 is 0.636 bits per heavy atom. The van der Waals surface area contributed by atoms with Crippen molar-refractivity contribution in [2.24, 2.45) is 0 Å².